The van der Waals surface area contributed by atoms with E-state index in [2.05, 4.69) is 10.3 Å². The number of nitrogens with zero attached hydrogens (tertiary/aromatic N) is 2. The maximum atomic E-state index is 12.8. The SMILES string of the molecule is COc1ccc2c(Nc3c(C)cncc3Cl)cc(=O)n(C)c2c1OC1CCCC1. The Balaban J connectivity index is 1.91. The number of hydrogen-bond donors (Lipinski definition) is 1. The van der Waals surface area contributed by atoms with E-state index in [4.69, 9.17) is 21.1 Å². The number of nitrogens with one attached hydrogen (secondary N) is 1. The van der Waals surface area contributed by atoms with Crippen molar-refractivity contribution in [1.29, 1.82) is 0 Å². The van der Waals surface area contributed by atoms with Gasteiger partial charge in [-0.15, -0.1) is 0 Å². The highest BCUT2D eigenvalue weighted by molar-refractivity contribution is 6.33. The highest BCUT2D eigenvalue weighted by Gasteiger charge is 2.23. The second-order valence-corrected chi connectivity index (χ2v) is 7.82. The molecule has 152 valence electrons. The molecule has 0 saturated heterocycles. The Morgan fingerprint density at radius 2 is 2.00 bits per heavy atom. The molecule has 6 nitrogen and oxygen atoms in total. The molecule has 0 bridgehead atoms. The maximum Gasteiger partial charge on any atom is 0.252 e. The lowest BCUT2D eigenvalue weighted by molar-refractivity contribution is 0.203. The number of pyridine rings is 2. The van der Waals surface area contributed by atoms with E-state index in [1.807, 2.05) is 19.1 Å². The maximum absolute atomic E-state index is 12.8. The van der Waals surface area contributed by atoms with Crippen molar-refractivity contribution < 1.29 is 9.47 Å². The summed E-state index contributed by atoms with van der Waals surface area (Å²) in [4.78, 5) is 16.9. The van der Waals surface area contributed by atoms with Gasteiger partial charge < -0.3 is 19.4 Å². The number of methoxy groups -OCH3 is 1. The fourth-order valence-electron chi connectivity index (χ4n) is 3.89. The molecule has 1 fully saturated rings. The molecule has 0 atom stereocenters. The molecule has 0 spiro atoms. The third-order valence-corrected chi connectivity index (χ3v) is 5.76. The molecule has 1 aromatic carbocycles. The first-order chi connectivity index (χ1) is 14.0. The van der Waals surface area contributed by atoms with Crippen LogP contribution < -0.4 is 20.3 Å². The van der Waals surface area contributed by atoms with Crippen LogP contribution in [0.15, 0.2) is 35.4 Å². The van der Waals surface area contributed by atoms with Crippen molar-refractivity contribution in [2.75, 3.05) is 12.4 Å². The van der Waals surface area contributed by atoms with Crippen LogP contribution in [0.4, 0.5) is 11.4 Å². The van der Waals surface area contributed by atoms with E-state index < -0.39 is 0 Å². The van der Waals surface area contributed by atoms with E-state index in [1.54, 1.807) is 37.2 Å². The topological polar surface area (TPSA) is 65.4 Å². The zero-order valence-electron chi connectivity index (χ0n) is 16.8. The molecule has 4 rings (SSSR count). The lowest BCUT2D eigenvalue weighted by atomic mass is 10.1. The number of benzene rings is 1. The van der Waals surface area contributed by atoms with Crippen LogP contribution in [0.2, 0.25) is 5.02 Å². The number of hydrogen-bond acceptors (Lipinski definition) is 5. The minimum atomic E-state index is -0.146. The van der Waals surface area contributed by atoms with Gasteiger partial charge in [-0.2, -0.15) is 0 Å². The molecule has 0 radical (unpaired) electrons. The van der Waals surface area contributed by atoms with Crippen molar-refractivity contribution in [2.24, 2.45) is 7.05 Å². The summed E-state index contributed by atoms with van der Waals surface area (Å²) in [6, 6.07) is 5.38. The average molecular weight is 414 g/mol. The molecule has 1 aliphatic carbocycles. The van der Waals surface area contributed by atoms with Gasteiger partial charge in [-0.1, -0.05) is 11.6 Å². The third-order valence-electron chi connectivity index (χ3n) is 5.47. The Kier molecular flexibility index (Phi) is 5.37. The minimum absolute atomic E-state index is 0.137. The van der Waals surface area contributed by atoms with Crippen molar-refractivity contribution in [3.8, 4) is 11.5 Å². The quantitative estimate of drug-likeness (QED) is 0.639. The highest BCUT2D eigenvalue weighted by Crippen LogP contribution is 2.40. The van der Waals surface area contributed by atoms with Crippen LogP contribution in [0.1, 0.15) is 31.2 Å². The zero-order chi connectivity index (χ0) is 20.5. The minimum Gasteiger partial charge on any atom is -0.493 e. The Morgan fingerprint density at radius 3 is 2.69 bits per heavy atom. The van der Waals surface area contributed by atoms with Crippen LogP contribution >= 0.6 is 11.6 Å². The van der Waals surface area contributed by atoms with Crippen LogP contribution in [0.25, 0.3) is 10.9 Å². The number of fused-ring (bicyclic) bond motifs is 1. The summed E-state index contributed by atoms with van der Waals surface area (Å²) < 4.78 is 13.5. The fourth-order valence-corrected chi connectivity index (χ4v) is 4.14. The molecular formula is C22H24ClN3O3. The lowest BCUT2D eigenvalue weighted by Gasteiger charge is -2.21. The van der Waals surface area contributed by atoms with E-state index in [9.17, 15) is 4.79 Å². The first-order valence-electron chi connectivity index (χ1n) is 9.74. The third kappa shape index (κ3) is 3.65. The molecular weight excluding hydrogens is 390 g/mol. The van der Waals surface area contributed by atoms with Crippen molar-refractivity contribution in [3.05, 3.63) is 51.5 Å². The summed E-state index contributed by atoms with van der Waals surface area (Å²) in [5, 5.41) is 4.68. The molecule has 1 aliphatic rings. The van der Waals surface area contributed by atoms with Crippen molar-refractivity contribution >= 4 is 33.9 Å². The Bertz CT molecular complexity index is 1100. The monoisotopic (exact) mass is 413 g/mol. The van der Waals surface area contributed by atoms with Gasteiger partial charge in [0.05, 0.1) is 35.1 Å². The molecule has 1 N–H and O–H groups in total. The van der Waals surface area contributed by atoms with E-state index in [0.717, 1.165) is 42.3 Å². The van der Waals surface area contributed by atoms with E-state index in [0.29, 0.717) is 27.7 Å². The molecule has 0 aliphatic heterocycles. The van der Waals surface area contributed by atoms with Crippen LogP contribution in [-0.2, 0) is 7.05 Å². The van der Waals surface area contributed by atoms with Crippen molar-refractivity contribution in [3.63, 3.8) is 0 Å². The van der Waals surface area contributed by atoms with Crippen LogP contribution in [0.3, 0.4) is 0 Å². The summed E-state index contributed by atoms with van der Waals surface area (Å²) in [6.07, 6.45) is 7.78. The largest absolute Gasteiger partial charge is 0.493 e. The van der Waals surface area contributed by atoms with Crippen LogP contribution in [-0.4, -0.2) is 22.8 Å². The van der Waals surface area contributed by atoms with Gasteiger partial charge in [0.15, 0.2) is 11.5 Å². The average Bonchev–Trinajstić information content (AvgIpc) is 3.21. The molecule has 3 aromatic rings. The van der Waals surface area contributed by atoms with Crippen molar-refractivity contribution in [2.45, 2.75) is 38.7 Å². The summed E-state index contributed by atoms with van der Waals surface area (Å²) in [5.41, 5.74) is 2.84. The standard InChI is InChI=1S/C22H24ClN3O3/c1-13-11-24-12-16(23)20(13)25-17-10-19(27)26(2)21-15(17)8-9-18(28-3)22(21)29-14-6-4-5-7-14/h8-12,14H,4-7H2,1-3H3,(H,24,25). The van der Waals surface area contributed by atoms with E-state index >= 15 is 0 Å². The second kappa shape index (κ2) is 7.95. The first kappa shape index (κ1) is 19.6. The van der Waals surface area contributed by atoms with E-state index in [1.165, 1.54) is 0 Å². The molecule has 2 heterocycles. The molecule has 2 aromatic heterocycles. The summed E-state index contributed by atoms with van der Waals surface area (Å²) in [6.45, 7) is 1.92. The number of aryl methyl sites for hydroxylation is 2. The Labute approximate surface area is 174 Å². The van der Waals surface area contributed by atoms with E-state index in [-0.39, 0.29) is 11.7 Å². The lowest BCUT2D eigenvalue weighted by Crippen LogP contribution is -2.19. The smallest absolute Gasteiger partial charge is 0.252 e. The van der Waals surface area contributed by atoms with Gasteiger partial charge in [-0.3, -0.25) is 9.78 Å². The molecule has 0 amide bonds. The fraction of sp³-hybridized carbons (Fsp3) is 0.364. The molecule has 7 heteroatoms. The molecule has 29 heavy (non-hydrogen) atoms. The number of aromatic nitrogens is 2. The Hall–Kier alpha value is -2.73. The molecule has 0 unspecified atom stereocenters. The second-order valence-electron chi connectivity index (χ2n) is 7.41. The highest BCUT2D eigenvalue weighted by atomic mass is 35.5. The number of ether oxygens (including phenoxy) is 2. The van der Waals surface area contributed by atoms with Gasteiger partial charge in [0.1, 0.15) is 0 Å². The number of anilines is 2. The zero-order valence-corrected chi connectivity index (χ0v) is 17.5. The van der Waals surface area contributed by atoms with Crippen LogP contribution in [0, 0.1) is 6.92 Å². The van der Waals surface area contributed by atoms with Gasteiger partial charge in [-0.05, 0) is 50.3 Å². The van der Waals surface area contributed by atoms with Crippen molar-refractivity contribution in [1.82, 2.24) is 9.55 Å². The van der Waals surface area contributed by atoms with Gasteiger partial charge in [0.2, 0.25) is 0 Å². The normalized spacial score (nSPS) is 14.3. The van der Waals surface area contributed by atoms with Gasteiger partial charge >= 0.3 is 0 Å². The summed E-state index contributed by atoms with van der Waals surface area (Å²) >= 11 is 6.34. The number of halogens is 1. The summed E-state index contributed by atoms with van der Waals surface area (Å²) in [7, 11) is 3.36. The van der Waals surface area contributed by atoms with Gasteiger partial charge in [0.25, 0.3) is 5.56 Å². The van der Waals surface area contributed by atoms with Crippen LogP contribution in [0.5, 0.6) is 11.5 Å². The summed E-state index contributed by atoms with van der Waals surface area (Å²) in [5.74, 6) is 1.23. The van der Waals surface area contributed by atoms with Gasteiger partial charge in [0, 0.05) is 30.9 Å². The van der Waals surface area contributed by atoms with Gasteiger partial charge in [-0.25, -0.2) is 0 Å². The first-order valence-corrected chi connectivity index (χ1v) is 10.1. The molecule has 1 saturated carbocycles. The number of rotatable bonds is 5. The Morgan fingerprint density at radius 1 is 1.24 bits per heavy atom. The predicted octanol–water partition coefficient (Wildman–Crippen LogP) is 4.97. The predicted molar refractivity (Wildman–Crippen MR) is 116 cm³/mol.